The smallest absolute Gasteiger partial charge is 0.123 e. The van der Waals surface area contributed by atoms with Gasteiger partial charge >= 0.3 is 0 Å². The van der Waals surface area contributed by atoms with Crippen molar-refractivity contribution >= 4 is 0 Å². The van der Waals surface area contributed by atoms with E-state index in [1.54, 1.807) is 7.11 Å². The molecule has 2 aliphatic rings. The summed E-state index contributed by atoms with van der Waals surface area (Å²) in [4.78, 5) is 0. The molecule has 0 amide bonds. The summed E-state index contributed by atoms with van der Waals surface area (Å²) in [5.41, 5.74) is 2.82. The summed E-state index contributed by atoms with van der Waals surface area (Å²) in [6.07, 6.45) is 8.44. The first-order chi connectivity index (χ1) is 11.8. The molecule has 24 heavy (non-hydrogen) atoms. The Hall–Kier alpha value is -2.68. The summed E-state index contributed by atoms with van der Waals surface area (Å²) in [6.45, 7) is 10.0. The number of ether oxygens (including phenoxy) is 1. The molecule has 1 unspecified atom stereocenters. The van der Waals surface area contributed by atoms with E-state index in [1.807, 2.05) is 68.5 Å². The van der Waals surface area contributed by atoms with Crippen LogP contribution in [0.4, 0.5) is 0 Å². The van der Waals surface area contributed by atoms with E-state index in [9.17, 15) is 5.11 Å². The number of rotatable bonds is 2. The van der Waals surface area contributed by atoms with Gasteiger partial charge in [0, 0.05) is 23.8 Å². The molecule has 0 saturated heterocycles. The van der Waals surface area contributed by atoms with Crippen LogP contribution in [0.25, 0.3) is 0 Å². The zero-order valence-corrected chi connectivity index (χ0v) is 14.8. The van der Waals surface area contributed by atoms with Crippen molar-refractivity contribution in [2.45, 2.75) is 26.3 Å². The van der Waals surface area contributed by atoms with Crippen molar-refractivity contribution in [1.29, 1.82) is 0 Å². The Labute approximate surface area is 145 Å². The number of dihydropyridines is 1. The van der Waals surface area contributed by atoms with Crippen molar-refractivity contribution in [2.75, 3.05) is 7.11 Å². The van der Waals surface area contributed by atoms with Crippen molar-refractivity contribution in [1.82, 2.24) is 5.32 Å². The van der Waals surface area contributed by atoms with Crippen LogP contribution in [0.3, 0.4) is 0 Å². The second-order valence-electron chi connectivity index (χ2n) is 4.83. The molecular weight excluding hydrogens is 298 g/mol. The fourth-order valence-electron chi connectivity index (χ4n) is 2.46. The second-order valence-corrected chi connectivity index (χ2v) is 4.83. The van der Waals surface area contributed by atoms with E-state index in [-0.39, 0.29) is 6.04 Å². The van der Waals surface area contributed by atoms with Crippen LogP contribution < -0.4 is 5.32 Å². The first-order valence-corrected chi connectivity index (χ1v) is 8.16. The Kier molecular flexibility index (Phi) is 8.20. The minimum absolute atomic E-state index is 0.0317. The Bertz CT molecular complexity index is 639. The number of hydrogen-bond acceptors (Lipinski definition) is 3. The van der Waals surface area contributed by atoms with E-state index in [0.29, 0.717) is 5.76 Å². The molecule has 0 fully saturated rings. The number of allylic oxidation sites excluding steroid dienone is 3. The predicted octanol–water partition coefficient (Wildman–Crippen LogP) is 5.35. The first-order valence-electron chi connectivity index (χ1n) is 8.16. The zero-order chi connectivity index (χ0) is 17.9. The van der Waals surface area contributed by atoms with Crippen molar-refractivity contribution in [3.05, 3.63) is 96.1 Å². The third kappa shape index (κ3) is 4.66. The van der Waals surface area contributed by atoms with Crippen molar-refractivity contribution < 1.29 is 9.84 Å². The van der Waals surface area contributed by atoms with Crippen LogP contribution in [0.2, 0.25) is 0 Å². The highest BCUT2D eigenvalue weighted by molar-refractivity contribution is 5.50. The summed E-state index contributed by atoms with van der Waals surface area (Å²) < 4.78 is 5.33. The third-order valence-corrected chi connectivity index (χ3v) is 3.53. The number of aliphatic hydroxyl groups is 1. The SMILES string of the molecule is C=C.CC.COC1=CC2=C(C=CC1)C(O)=CC(c1ccccc1)N2. The van der Waals surface area contributed by atoms with Gasteiger partial charge in [-0.2, -0.15) is 0 Å². The Morgan fingerprint density at radius 1 is 1.17 bits per heavy atom. The lowest BCUT2D eigenvalue weighted by Crippen LogP contribution is -2.24. The van der Waals surface area contributed by atoms with E-state index in [2.05, 4.69) is 18.5 Å². The van der Waals surface area contributed by atoms with Crippen LogP contribution in [-0.2, 0) is 4.74 Å². The first kappa shape index (κ1) is 19.4. The zero-order valence-electron chi connectivity index (χ0n) is 14.8. The maximum absolute atomic E-state index is 10.3. The van der Waals surface area contributed by atoms with Gasteiger partial charge in [0.2, 0.25) is 0 Å². The standard InChI is InChI=1S/C17H17NO2.C2H6.C2H4/c1-20-13-8-5-9-14-16(10-13)18-15(11-17(14)19)12-6-3-2-4-7-12;2*1-2/h2-7,9-11,15,18-19H,8H2,1H3;1-2H3;1-2H2. The number of benzene rings is 1. The summed E-state index contributed by atoms with van der Waals surface area (Å²) in [7, 11) is 1.67. The summed E-state index contributed by atoms with van der Waals surface area (Å²) in [6, 6.07) is 10.0. The van der Waals surface area contributed by atoms with E-state index >= 15 is 0 Å². The molecule has 0 saturated carbocycles. The summed E-state index contributed by atoms with van der Waals surface area (Å²) in [5, 5.41) is 13.7. The Balaban J connectivity index is 0.000000671. The van der Waals surface area contributed by atoms with E-state index in [0.717, 1.165) is 29.0 Å². The second kappa shape index (κ2) is 10.2. The normalized spacial score (nSPS) is 18.2. The molecule has 0 spiro atoms. The largest absolute Gasteiger partial charge is 0.507 e. The lowest BCUT2D eigenvalue weighted by molar-refractivity contribution is 0.284. The van der Waals surface area contributed by atoms with E-state index in [1.165, 1.54) is 0 Å². The quantitative estimate of drug-likeness (QED) is 0.721. The molecule has 1 atom stereocenters. The molecule has 1 heterocycles. The van der Waals surface area contributed by atoms with Crippen LogP contribution in [0.5, 0.6) is 0 Å². The third-order valence-electron chi connectivity index (χ3n) is 3.53. The number of aliphatic hydroxyl groups excluding tert-OH is 1. The van der Waals surface area contributed by atoms with Crippen molar-refractivity contribution in [3.63, 3.8) is 0 Å². The molecule has 3 heteroatoms. The highest BCUT2D eigenvalue weighted by Gasteiger charge is 2.21. The van der Waals surface area contributed by atoms with Crippen LogP contribution in [0.1, 0.15) is 31.9 Å². The van der Waals surface area contributed by atoms with Crippen LogP contribution in [-0.4, -0.2) is 12.2 Å². The molecule has 128 valence electrons. The van der Waals surface area contributed by atoms with Gasteiger partial charge in [-0.1, -0.05) is 56.3 Å². The highest BCUT2D eigenvalue weighted by Crippen LogP contribution is 2.30. The maximum atomic E-state index is 10.3. The molecule has 3 rings (SSSR count). The Morgan fingerprint density at radius 3 is 2.46 bits per heavy atom. The lowest BCUT2D eigenvalue weighted by atomic mass is 9.98. The average Bonchev–Trinajstić information content (AvgIpc) is 2.88. The minimum Gasteiger partial charge on any atom is -0.507 e. The van der Waals surface area contributed by atoms with Gasteiger partial charge in [0.05, 0.1) is 13.2 Å². The maximum Gasteiger partial charge on any atom is 0.123 e. The number of methoxy groups -OCH3 is 1. The molecule has 1 aliphatic carbocycles. The number of hydrogen-bond donors (Lipinski definition) is 2. The van der Waals surface area contributed by atoms with Crippen LogP contribution >= 0.6 is 0 Å². The van der Waals surface area contributed by atoms with Gasteiger partial charge in [-0.15, -0.1) is 13.2 Å². The van der Waals surface area contributed by atoms with Gasteiger partial charge in [0.1, 0.15) is 11.5 Å². The topological polar surface area (TPSA) is 41.5 Å². The van der Waals surface area contributed by atoms with Crippen LogP contribution in [0.15, 0.2) is 90.6 Å². The number of nitrogens with one attached hydrogen (secondary N) is 1. The fraction of sp³-hybridized carbons (Fsp3) is 0.238. The summed E-state index contributed by atoms with van der Waals surface area (Å²) in [5.74, 6) is 1.18. The van der Waals surface area contributed by atoms with Gasteiger partial charge in [0.15, 0.2) is 0 Å². The molecule has 0 aromatic heterocycles. The molecule has 1 aromatic rings. The van der Waals surface area contributed by atoms with Gasteiger partial charge in [-0.25, -0.2) is 0 Å². The molecule has 1 aliphatic heterocycles. The monoisotopic (exact) mass is 325 g/mol. The molecular formula is C21H27NO2. The molecule has 1 aromatic carbocycles. The minimum atomic E-state index is -0.0317. The van der Waals surface area contributed by atoms with Gasteiger partial charge in [-0.05, 0) is 11.6 Å². The summed E-state index contributed by atoms with van der Waals surface area (Å²) >= 11 is 0. The fourth-order valence-corrected chi connectivity index (χ4v) is 2.46. The van der Waals surface area contributed by atoms with Crippen LogP contribution in [0, 0.1) is 0 Å². The highest BCUT2D eigenvalue weighted by atomic mass is 16.5. The predicted molar refractivity (Wildman–Crippen MR) is 102 cm³/mol. The molecule has 0 radical (unpaired) electrons. The van der Waals surface area contributed by atoms with Gasteiger partial charge in [-0.3, -0.25) is 0 Å². The lowest BCUT2D eigenvalue weighted by Gasteiger charge is -2.24. The average molecular weight is 325 g/mol. The van der Waals surface area contributed by atoms with E-state index < -0.39 is 0 Å². The molecule has 2 N–H and O–H groups in total. The molecule has 3 nitrogen and oxygen atoms in total. The van der Waals surface area contributed by atoms with Crippen molar-refractivity contribution in [2.24, 2.45) is 0 Å². The van der Waals surface area contributed by atoms with Crippen molar-refractivity contribution in [3.8, 4) is 0 Å². The Morgan fingerprint density at radius 2 is 1.83 bits per heavy atom. The van der Waals surface area contributed by atoms with Gasteiger partial charge in [0.25, 0.3) is 0 Å². The van der Waals surface area contributed by atoms with Gasteiger partial charge < -0.3 is 15.2 Å². The molecule has 0 bridgehead atoms. The van der Waals surface area contributed by atoms with E-state index in [4.69, 9.17) is 4.74 Å².